The number of aryl methyl sites for hydroxylation is 1. The quantitative estimate of drug-likeness (QED) is 0.627. The Balaban J connectivity index is 1.91. The Morgan fingerprint density at radius 3 is 2.87 bits per heavy atom. The van der Waals surface area contributed by atoms with Crippen LogP contribution < -0.4 is 10.9 Å². The molecule has 0 radical (unpaired) electrons. The first-order valence-electron chi connectivity index (χ1n) is 7.14. The highest BCUT2D eigenvalue weighted by Gasteiger charge is 2.10. The number of rotatable bonds is 6. The number of H-pyrrole nitrogens is 1. The van der Waals surface area contributed by atoms with Crippen molar-refractivity contribution in [2.45, 2.75) is 31.5 Å². The molecule has 1 amide bonds. The first-order valence-corrected chi connectivity index (χ1v) is 8.37. The molecule has 0 saturated carbocycles. The van der Waals surface area contributed by atoms with Gasteiger partial charge in [0, 0.05) is 24.2 Å². The van der Waals surface area contributed by atoms with Crippen LogP contribution in [0.3, 0.4) is 0 Å². The third-order valence-corrected chi connectivity index (χ3v) is 3.95. The second-order valence-corrected chi connectivity index (χ2v) is 5.84. The molecule has 2 rings (SSSR count). The lowest BCUT2D eigenvalue weighted by atomic mass is 10.1. The van der Waals surface area contributed by atoms with Crippen molar-refractivity contribution in [2.75, 3.05) is 6.26 Å². The molecule has 7 heteroatoms. The molecule has 2 aromatic rings. The Kier molecular flexibility index (Phi) is 5.92. The van der Waals surface area contributed by atoms with Gasteiger partial charge in [0.25, 0.3) is 5.56 Å². The maximum absolute atomic E-state index is 13.1. The second-order valence-electron chi connectivity index (χ2n) is 5.05. The fourth-order valence-electron chi connectivity index (χ4n) is 2.15. The third kappa shape index (κ3) is 4.92. The predicted molar refractivity (Wildman–Crippen MR) is 87.9 cm³/mol. The average Bonchev–Trinajstić information content (AvgIpc) is 2.52. The second kappa shape index (κ2) is 7.92. The number of hydrogen-bond donors (Lipinski definition) is 2. The van der Waals surface area contributed by atoms with E-state index in [0.717, 1.165) is 0 Å². The summed E-state index contributed by atoms with van der Waals surface area (Å²) in [7, 11) is 0. The zero-order chi connectivity index (χ0) is 16.8. The van der Waals surface area contributed by atoms with Crippen molar-refractivity contribution in [3.05, 3.63) is 57.3 Å². The van der Waals surface area contributed by atoms with Crippen LogP contribution in [0, 0.1) is 12.7 Å². The number of carbonyl (C=O) groups is 1. The van der Waals surface area contributed by atoms with Gasteiger partial charge in [0.1, 0.15) is 5.82 Å². The highest BCUT2D eigenvalue weighted by atomic mass is 32.2. The van der Waals surface area contributed by atoms with Crippen molar-refractivity contribution in [3.8, 4) is 0 Å². The first kappa shape index (κ1) is 17.2. The topological polar surface area (TPSA) is 74.8 Å². The van der Waals surface area contributed by atoms with Crippen LogP contribution in [-0.4, -0.2) is 22.1 Å². The van der Waals surface area contributed by atoms with Crippen LogP contribution >= 0.6 is 11.8 Å². The van der Waals surface area contributed by atoms with Crippen LogP contribution in [0.15, 0.2) is 34.2 Å². The largest absolute Gasteiger partial charge is 0.352 e. The van der Waals surface area contributed by atoms with E-state index in [1.807, 2.05) is 6.26 Å². The van der Waals surface area contributed by atoms with Crippen molar-refractivity contribution in [2.24, 2.45) is 0 Å². The number of carbonyl (C=O) groups excluding carboxylic acids is 1. The third-order valence-electron chi connectivity index (χ3n) is 3.37. The summed E-state index contributed by atoms with van der Waals surface area (Å²) >= 11 is 1.36. The van der Waals surface area contributed by atoms with Gasteiger partial charge in [-0.15, -0.1) is 0 Å². The zero-order valence-corrected chi connectivity index (χ0v) is 13.8. The van der Waals surface area contributed by atoms with E-state index in [2.05, 4.69) is 15.3 Å². The van der Waals surface area contributed by atoms with Gasteiger partial charge in [0.05, 0.1) is 0 Å². The summed E-state index contributed by atoms with van der Waals surface area (Å²) in [6, 6.07) is 6.06. The van der Waals surface area contributed by atoms with E-state index >= 15 is 0 Å². The predicted octanol–water partition coefficient (Wildman–Crippen LogP) is 2.19. The Hall–Kier alpha value is -2.15. The molecular formula is C16H18FN3O2S. The summed E-state index contributed by atoms with van der Waals surface area (Å²) in [6.07, 6.45) is 2.33. The Morgan fingerprint density at radius 2 is 2.22 bits per heavy atom. The minimum Gasteiger partial charge on any atom is -0.352 e. The van der Waals surface area contributed by atoms with Crippen LogP contribution in [0.5, 0.6) is 0 Å². The summed E-state index contributed by atoms with van der Waals surface area (Å²) in [5.41, 5.74) is 1.64. The van der Waals surface area contributed by atoms with E-state index < -0.39 is 0 Å². The molecule has 5 nitrogen and oxygen atoms in total. The normalized spacial score (nSPS) is 10.6. The van der Waals surface area contributed by atoms with Gasteiger partial charge in [0.15, 0.2) is 5.16 Å². The van der Waals surface area contributed by atoms with Gasteiger partial charge in [-0.05, 0) is 37.3 Å². The molecule has 122 valence electrons. The highest BCUT2D eigenvalue weighted by molar-refractivity contribution is 7.98. The molecule has 0 fully saturated rings. The van der Waals surface area contributed by atoms with E-state index in [9.17, 15) is 14.0 Å². The molecule has 1 aromatic carbocycles. The summed E-state index contributed by atoms with van der Waals surface area (Å²) in [5, 5.41) is 3.28. The Morgan fingerprint density at radius 1 is 1.43 bits per heavy atom. The number of hydrogen-bond acceptors (Lipinski definition) is 4. The maximum Gasteiger partial charge on any atom is 0.254 e. The smallest absolute Gasteiger partial charge is 0.254 e. The number of halogens is 1. The van der Waals surface area contributed by atoms with E-state index in [4.69, 9.17) is 0 Å². The minimum absolute atomic E-state index is 0.180. The van der Waals surface area contributed by atoms with Gasteiger partial charge in [-0.25, -0.2) is 9.37 Å². The van der Waals surface area contributed by atoms with Crippen molar-refractivity contribution < 1.29 is 9.18 Å². The zero-order valence-electron chi connectivity index (χ0n) is 13.0. The monoisotopic (exact) mass is 335 g/mol. The molecule has 0 atom stereocenters. The maximum atomic E-state index is 13.1. The van der Waals surface area contributed by atoms with E-state index in [1.54, 1.807) is 19.1 Å². The molecular weight excluding hydrogens is 317 g/mol. The van der Waals surface area contributed by atoms with Crippen molar-refractivity contribution in [3.63, 3.8) is 0 Å². The van der Waals surface area contributed by atoms with Gasteiger partial charge < -0.3 is 10.3 Å². The number of amides is 1. The van der Waals surface area contributed by atoms with Gasteiger partial charge in [-0.2, -0.15) is 0 Å². The number of nitrogens with one attached hydrogen (secondary N) is 2. The molecule has 0 bridgehead atoms. The van der Waals surface area contributed by atoms with Crippen molar-refractivity contribution in [1.29, 1.82) is 0 Å². The number of aromatic nitrogens is 2. The lowest BCUT2D eigenvalue weighted by Crippen LogP contribution is -2.25. The minimum atomic E-state index is -0.334. The van der Waals surface area contributed by atoms with Gasteiger partial charge in [-0.1, -0.05) is 23.9 Å². The average molecular weight is 335 g/mol. The Bertz CT molecular complexity index is 761. The molecule has 0 spiro atoms. The first-order chi connectivity index (χ1) is 11.0. The molecule has 2 N–H and O–H groups in total. The standard InChI is InChI=1S/C16H18FN3O2S/c1-10-13(15(22)20-16(19-10)23-2)6-7-14(21)18-9-11-4-3-5-12(17)8-11/h3-5,8H,6-7,9H2,1-2H3,(H,18,21)(H,19,20,22). The highest BCUT2D eigenvalue weighted by Crippen LogP contribution is 2.09. The van der Waals surface area contributed by atoms with Gasteiger partial charge >= 0.3 is 0 Å². The SMILES string of the molecule is CSc1nc(C)c(CCC(=O)NCc2cccc(F)c2)c(=O)[nH]1. The number of thioether (sulfide) groups is 1. The molecule has 0 aliphatic carbocycles. The summed E-state index contributed by atoms with van der Waals surface area (Å²) in [5.74, 6) is -0.527. The molecule has 1 heterocycles. The van der Waals surface area contributed by atoms with Crippen LogP contribution in [-0.2, 0) is 17.8 Å². The van der Waals surface area contributed by atoms with Crippen LogP contribution in [0.2, 0.25) is 0 Å². The van der Waals surface area contributed by atoms with E-state index in [0.29, 0.717) is 28.4 Å². The number of benzene rings is 1. The van der Waals surface area contributed by atoms with Crippen LogP contribution in [0.4, 0.5) is 4.39 Å². The fourth-order valence-corrected chi connectivity index (χ4v) is 2.57. The number of aromatic amines is 1. The van der Waals surface area contributed by atoms with Crippen LogP contribution in [0.1, 0.15) is 23.2 Å². The summed E-state index contributed by atoms with van der Waals surface area (Å²) in [4.78, 5) is 30.8. The summed E-state index contributed by atoms with van der Waals surface area (Å²) < 4.78 is 13.1. The molecule has 0 aliphatic rings. The fraction of sp³-hybridized carbons (Fsp3) is 0.312. The van der Waals surface area contributed by atoms with E-state index in [-0.39, 0.29) is 30.2 Å². The summed E-state index contributed by atoms with van der Waals surface area (Å²) in [6.45, 7) is 2.02. The number of nitrogens with zero attached hydrogens (tertiary/aromatic N) is 1. The van der Waals surface area contributed by atoms with E-state index in [1.165, 1.54) is 23.9 Å². The lowest BCUT2D eigenvalue weighted by Gasteiger charge is -2.07. The van der Waals surface area contributed by atoms with Crippen molar-refractivity contribution >= 4 is 17.7 Å². The molecule has 0 aliphatic heterocycles. The van der Waals surface area contributed by atoms with Gasteiger partial charge in [0.2, 0.25) is 5.91 Å². The Labute approximate surface area is 137 Å². The van der Waals surface area contributed by atoms with Crippen LogP contribution in [0.25, 0.3) is 0 Å². The molecule has 0 unspecified atom stereocenters. The lowest BCUT2D eigenvalue weighted by molar-refractivity contribution is -0.121. The molecule has 23 heavy (non-hydrogen) atoms. The molecule has 0 saturated heterocycles. The van der Waals surface area contributed by atoms with Crippen molar-refractivity contribution in [1.82, 2.24) is 15.3 Å². The molecule has 1 aromatic heterocycles. The van der Waals surface area contributed by atoms with Gasteiger partial charge in [-0.3, -0.25) is 9.59 Å².